The highest BCUT2D eigenvalue weighted by atomic mass is 32.2. The molecule has 1 saturated heterocycles. The van der Waals surface area contributed by atoms with Crippen molar-refractivity contribution in [2.75, 3.05) is 18.8 Å². The van der Waals surface area contributed by atoms with Crippen LogP contribution >= 0.6 is 11.3 Å². The maximum Gasteiger partial charge on any atom is 0.241 e. The Kier molecular flexibility index (Phi) is 4.57. The van der Waals surface area contributed by atoms with Crippen molar-refractivity contribution in [3.8, 4) is 11.4 Å². The third-order valence-corrected chi connectivity index (χ3v) is 5.30. The van der Waals surface area contributed by atoms with Gasteiger partial charge in [-0.3, -0.25) is 4.90 Å². The monoisotopic (exact) mass is 342 g/mol. The second-order valence-corrected chi connectivity index (χ2v) is 8.04. The first-order chi connectivity index (χ1) is 10.5. The molecule has 0 spiro atoms. The lowest BCUT2D eigenvalue weighted by Gasteiger charge is -2.31. The Bertz CT molecular complexity index is 711. The molecule has 3 rings (SSSR count). The van der Waals surface area contributed by atoms with Gasteiger partial charge >= 0.3 is 0 Å². The minimum absolute atomic E-state index is 0.0352. The Morgan fingerprint density at radius 3 is 3.09 bits per heavy atom. The standard InChI is InChI=1S/C13H18N4O3S2/c14-22(18,19)9-10-2-1-4-17(6-10)7-12-15-13(16-20-12)11-3-5-21-8-11/h3,5,8,10H,1-2,4,6-7,9H2,(H2,14,18,19)/t10-/m0/s1. The molecule has 0 unspecified atom stereocenters. The smallest absolute Gasteiger partial charge is 0.241 e. The van der Waals surface area contributed by atoms with Gasteiger partial charge in [0.05, 0.1) is 12.3 Å². The zero-order valence-electron chi connectivity index (χ0n) is 12.0. The number of aromatic nitrogens is 2. The number of nitrogens with zero attached hydrogens (tertiary/aromatic N) is 3. The van der Waals surface area contributed by atoms with E-state index in [-0.39, 0.29) is 11.7 Å². The summed E-state index contributed by atoms with van der Waals surface area (Å²) in [5.74, 6) is 1.25. The van der Waals surface area contributed by atoms with Gasteiger partial charge in [-0.25, -0.2) is 13.6 Å². The summed E-state index contributed by atoms with van der Waals surface area (Å²) in [6.45, 7) is 2.13. The van der Waals surface area contributed by atoms with Crippen molar-refractivity contribution in [1.29, 1.82) is 0 Å². The summed E-state index contributed by atoms with van der Waals surface area (Å²) in [4.78, 5) is 6.53. The van der Waals surface area contributed by atoms with Crippen LogP contribution in [0.4, 0.5) is 0 Å². The molecule has 9 heteroatoms. The van der Waals surface area contributed by atoms with Gasteiger partial charge in [0.25, 0.3) is 0 Å². The van der Waals surface area contributed by atoms with Crippen LogP contribution in [0.25, 0.3) is 11.4 Å². The van der Waals surface area contributed by atoms with Crippen LogP contribution in [0.5, 0.6) is 0 Å². The fourth-order valence-corrected chi connectivity index (χ4v) is 4.34. The number of nitrogens with two attached hydrogens (primary N) is 1. The summed E-state index contributed by atoms with van der Waals surface area (Å²) < 4.78 is 27.7. The summed E-state index contributed by atoms with van der Waals surface area (Å²) in [5.41, 5.74) is 0.950. The molecule has 7 nitrogen and oxygen atoms in total. The van der Waals surface area contributed by atoms with E-state index in [1.807, 2.05) is 16.8 Å². The van der Waals surface area contributed by atoms with Crippen LogP contribution in [0, 0.1) is 5.92 Å². The van der Waals surface area contributed by atoms with Crippen molar-refractivity contribution in [1.82, 2.24) is 15.0 Å². The number of primary sulfonamides is 1. The molecule has 22 heavy (non-hydrogen) atoms. The van der Waals surface area contributed by atoms with E-state index >= 15 is 0 Å². The van der Waals surface area contributed by atoms with Crippen molar-refractivity contribution in [3.63, 3.8) is 0 Å². The van der Waals surface area contributed by atoms with Gasteiger partial charge in [0.2, 0.25) is 21.7 Å². The van der Waals surface area contributed by atoms with E-state index in [1.165, 1.54) is 0 Å². The van der Waals surface area contributed by atoms with Gasteiger partial charge in [0.1, 0.15) is 0 Å². The Morgan fingerprint density at radius 1 is 1.50 bits per heavy atom. The van der Waals surface area contributed by atoms with E-state index in [2.05, 4.69) is 15.0 Å². The molecular formula is C13H18N4O3S2. The van der Waals surface area contributed by atoms with Crippen LogP contribution in [0.3, 0.4) is 0 Å². The Labute approximate surface area is 133 Å². The largest absolute Gasteiger partial charge is 0.338 e. The predicted molar refractivity (Wildman–Crippen MR) is 83.6 cm³/mol. The van der Waals surface area contributed by atoms with Crippen LogP contribution in [-0.4, -0.2) is 42.3 Å². The van der Waals surface area contributed by atoms with Crippen molar-refractivity contribution in [2.24, 2.45) is 11.1 Å². The van der Waals surface area contributed by atoms with Crippen LogP contribution in [0.2, 0.25) is 0 Å². The highest BCUT2D eigenvalue weighted by Gasteiger charge is 2.24. The second kappa shape index (κ2) is 6.45. The quantitative estimate of drug-likeness (QED) is 0.878. The Balaban J connectivity index is 1.61. The molecule has 0 radical (unpaired) electrons. The molecule has 0 bridgehead atoms. The maximum absolute atomic E-state index is 11.2. The molecule has 0 saturated carbocycles. The van der Waals surface area contributed by atoms with Crippen LogP contribution in [0.1, 0.15) is 18.7 Å². The van der Waals surface area contributed by atoms with Crippen molar-refractivity contribution in [2.45, 2.75) is 19.4 Å². The summed E-state index contributed by atoms with van der Waals surface area (Å²) in [5, 5.41) is 13.1. The van der Waals surface area contributed by atoms with Gasteiger partial charge in [-0.2, -0.15) is 16.3 Å². The molecule has 2 aromatic heterocycles. The predicted octanol–water partition coefficient (Wildman–Crippen LogP) is 1.30. The molecule has 3 heterocycles. The molecule has 1 atom stereocenters. The van der Waals surface area contributed by atoms with Gasteiger partial charge in [0.15, 0.2) is 0 Å². The molecule has 1 aliphatic heterocycles. The van der Waals surface area contributed by atoms with Gasteiger partial charge in [-0.05, 0) is 36.8 Å². The highest BCUT2D eigenvalue weighted by Crippen LogP contribution is 2.21. The third-order valence-electron chi connectivity index (χ3n) is 3.68. The van der Waals surface area contributed by atoms with E-state index in [0.29, 0.717) is 24.8 Å². The van der Waals surface area contributed by atoms with E-state index in [9.17, 15) is 8.42 Å². The summed E-state index contributed by atoms with van der Waals surface area (Å²) in [6, 6.07) is 1.95. The summed E-state index contributed by atoms with van der Waals surface area (Å²) in [7, 11) is -3.42. The van der Waals surface area contributed by atoms with Gasteiger partial charge in [0, 0.05) is 17.5 Å². The van der Waals surface area contributed by atoms with E-state index in [4.69, 9.17) is 9.66 Å². The third kappa shape index (κ3) is 4.13. The number of piperidine rings is 1. The Hall–Kier alpha value is -1.29. The first-order valence-electron chi connectivity index (χ1n) is 7.07. The molecule has 2 aromatic rings. The lowest BCUT2D eigenvalue weighted by atomic mass is 10.0. The summed E-state index contributed by atoms with van der Waals surface area (Å²) in [6.07, 6.45) is 1.84. The first-order valence-corrected chi connectivity index (χ1v) is 9.73. The van der Waals surface area contributed by atoms with Gasteiger partial charge in [-0.1, -0.05) is 5.16 Å². The fourth-order valence-electron chi connectivity index (χ4n) is 2.78. The number of hydrogen-bond acceptors (Lipinski definition) is 7. The lowest BCUT2D eigenvalue weighted by Crippen LogP contribution is -2.38. The SMILES string of the molecule is NS(=O)(=O)C[C@H]1CCCN(Cc2nc(-c3ccsc3)no2)C1. The van der Waals surface area contributed by atoms with E-state index < -0.39 is 10.0 Å². The Morgan fingerprint density at radius 2 is 2.36 bits per heavy atom. The van der Waals surface area contributed by atoms with Crippen LogP contribution < -0.4 is 5.14 Å². The minimum atomic E-state index is -3.42. The van der Waals surface area contributed by atoms with Crippen molar-refractivity contribution >= 4 is 21.4 Å². The molecule has 1 fully saturated rings. The molecule has 0 aliphatic carbocycles. The number of likely N-dealkylation sites (tertiary alicyclic amines) is 1. The van der Waals surface area contributed by atoms with E-state index in [0.717, 1.165) is 24.9 Å². The molecule has 1 aliphatic rings. The fraction of sp³-hybridized carbons (Fsp3) is 0.538. The van der Waals surface area contributed by atoms with E-state index in [1.54, 1.807) is 11.3 Å². The lowest BCUT2D eigenvalue weighted by molar-refractivity contribution is 0.158. The zero-order valence-corrected chi connectivity index (χ0v) is 13.6. The molecule has 2 N–H and O–H groups in total. The van der Waals surface area contributed by atoms with Gasteiger partial charge < -0.3 is 4.52 Å². The highest BCUT2D eigenvalue weighted by molar-refractivity contribution is 7.89. The molecular weight excluding hydrogens is 324 g/mol. The van der Waals surface area contributed by atoms with Crippen LogP contribution in [-0.2, 0) is 16.6 Å². The van der Waals surface area contributed by atoms with Crippen molar-refractivity contribution < 1.29 is 12.9 Å². The zero-order chi connectivity index (χ0) is 15.6. The average Bonchev–Trinajstić information content (AvgIpc) is 3.07. The first kappa shape index (κ1) is 15.6. The number of sulfonamides is 1. The molecule has 0 amide bonds. The average molecular weight is 342 g/mol. The second-order valence-electron chi connectivity index (χ2n) is 5.60. The van der Waals surface area contributed by atoms with Crippen LogP contribution in [0.15, 0.2) is 21.3 Å². The maximum atomic E-state index is 11.2. The topological polar surface area (TPSA) is 102 Å². The number of thiophene rings is 1. The van der Waals surface area contributed by atoms with Gasteiger partial charge in [-0.15, -0.1) is 0 Å². The molecule has 0 aromatic carbocycles. The summed E-state index contributed by atoms with van der Waals surface area (Å²) >= 11 is 1.58. The normalized spacial score (nSPS) is 20.3. The van der Waals surface area contributed by atoms with Crippen molar-refractivity contribution in [3.05, 3.63) is 22.7 Å². The number of hydrogen-bond donors (Lipinski definition) is 1. The minimum Gasteiger partial charge on any atom is -0.338 e. The molecule has 120 valence electrons. The number of rotatable bonds is 5.